The van der Waals surface area contributed by atoms with Crippen molar-refractivity contribution in [1.29, 1.82) is 0 Å². The first-order chi connectivity index (χ1) is 8.55. The molecular weight excluding hydrogens is 300 g/mol. The van der Waals surface area contributed by atoms with E-state index >= 15 is 0 Å². The molecule has 112 valence electrons. The molecule has 1 aromatic heterocycles. The molecule has 0 saturated heterocycles. The van der Waals surface area contributed by atoms with E-state index in [0.29, 0.717) is 0 Å². The fourth-order valence-corrected chi connectivity index (χ4v) is 1.96. The highest BCUT2D eigenvalue weighted by atomic mass is 32.3. The smallest absolute Gasteiger partial charge is 0.338 e. The monoisotopic (exact) mass is 316 g/mol. The lowest BCUT2D eigenvalue weighted by Gasteiger charge is -1.98. The maximum atomic E-state index is 9.44. The van der Waals surface area contributed by atoms with Gasteiger partial charge in [0, 0.05) is 18.9 Å². The first-order valence-electron chi connectivity index (χ1n) is 5.16. The van der Waals surface area contributed by atoms with Crippen LogP contribution in [0.2, 0.25) is 0 Å². The van der Waals surface area contributed by atoms with E-state index in [-0.39, 0.29) is 0 Å². The van der Waals surface area contributed by atoms with Crippen LogP contribution in [0.1, 0.15) is 25.5 Å². The Morgan fingerprint density at radius 2 is 1.79 bits per heavy atom. The molecule has 0 bridgehead atoms. The molecule has 2 N–H and O–H groups in total. The molecule has 0 aliphatic rings. The minimum absolute atomic E-state index is 1.16. The molecule has 0 amide bonds. The highest BCUT2D eigenvalue weighted by molar-refractivity contribution is 7.94. The number of nitrogens with zero attached hydrogens (tertiary/aromatic N) is 2. The number of hydrogen-bond acceptors (Lipinski definition) is 6. The first-order valence-corrected chi connectivity index (χ1v) is 7.89. The third kappa shape index (κ3) is 10.6. The standard InChI is InChI=1S/C8H14N2.H2O7S2/c1-3-4-5-8-6-9-7-10(8)2;1-8(2,3)7-9(4,5)6/h6-7H,3-5H2,1-2H3;(H,1,2,3)(H,4,5,6). The second-order valence-corrected chi connectivity index (χ2v) is 5.78. The number of aromatic nitrogens is 2. The summed E-state index contributed by atoms with van der Waals surface area (Å²) in [6.07, 6.45) is 7.47. The van der Waals surface area contributed by atoms with E-state index in [1.54, 1.807) is 0 Å². The van der Waals surface area contributed by atoms with Crippen LogP contribution in [0.15, 0.2) is 12.5 Å². The van der Waals surface area contributed by atoms with Crippen LogP contribution in [0.25, 0.3) is 0 Å². The fourth-order valence-electron chi connectivity index (χ4n) is 1.09. The van der Waals surface area contributed by atoms with Crippen molar-refractivity contribution in [3.63, 3.8) is 0 Å². The van der Waals surface area contributed by atoms with Crippen LogP contribution in [0.5, 0.6) is 0 Å². The van der Waals surface area contributed by atoms with Crippen molar-refractivity contribution >= 4 is 20.8 Å². The zero-order chi connectivity index (χ0) is 15.1. The van der Waals surface area contributed by atoms with Gasteiger partial charge in [-0.15, -0.1) is 3.63 Å². The van der Waals surface area contributed by atoms with E-state index in [4.69, 9.17) is 9.11 Å². The molecule has 1 heterocycles. The van der Waals surface area contributed by atoms with E-state index in [0.717, 1.165) is 6.42 Å². The number of rotatable bonds is 5. The molecule has 0 spiro atoms. The first kappa shape index (κ1) is 18.0. The second-order valence-electron chi connectivity index (χ2n) is 3.52. The van der Waals surface area contributed by atoms with Crippen LogP contribution < -0.4 is 0 Å². The van der Waals surface area contributed by atoms with Gasteiger partial charge in [-0.05, 0) is 12.8 Å². The predicted molar refractivity (Wildman–Crippen MR) is 66.0 cm³/mol. The Morgan fingerprint density at radius 1 is 1.26 bits per heavy atom. The van der Waals surface area contributed by atoms with Gasteiger partial charge in [-0.25, -0.2) is 4.98 Å². The van der Waals surface area contributed by atoms with Gasteiger partial charge in [0.25, 0.3) is 0 Å². The molecule has 0 unspecified atom stereocenters. The SMILES string of the molecule is CCCCc1cncn1C.O=S(=O)(O)OS(=O)(=O)O. The topological polar surface area (TPSA) is 136 Å². The van der Waals surface area contributed by atoms with Crippen LogP contribution in [0.3, 0.4) is 0 Å². The molecule has 9 nitrogen and oxygen atoms in total. The molecule has 0 saturated carbocycles. The van der Waals surface area contributed by atoms with Gasteiger partial charge in [-0.2, -0.15) is 16.8 Å². The summed E-state index contributed by atoms with van der Waals surface area (Å²) in [7, 11) is -8.20. The van der Waals surface area contributed by atoms with Gasteiger partial charge in [0.1, 0.15) is 0 Å². The average molecular weight is 316 g/mol. The minimum Gasteiger partial charge on any atom is -0.338 e. The normalized spacial score (nSPS) is 11.8. The van der Waals surface area contributed by atoms with Gasteiger partial charge in [-0.1, -0.05) is 13.3 Å². The van der Waals surface area contributed by atoms with Crippen molar-refractivity contribution in [2.75, 3.05) is 0 Å². The van der Waals surface area contributed by atoms with Crippen LogP contribution in [0.4, 0.5) is 0 Å². The summed E-state index contributed by atoms with van der Waals surface area (Å²) in [6, 6.07) is 0. The van der Waals surface area contributed by atoms with Crippen molar-refractivity contribution < 1.29 is 29.6 Å². The summed E-state index contributed by atoms with van der Waals surface area (Å²) in [5.41, 5.74) is 1.34. The van der Waals surface area contributed by atoms with Crippen molar-refractivity contribution in [1.82, 2.24) is 9.55 Å². The molecular formula is C8H16N2O7S2. The van der Waals surface area contributed by atoms with E-state index in [1.165, 1.54) is 18.5 Å². The van der Waals surface area contributed by atoms with Gasteiger partial charge in [-0.3, -0.25) is 9.11 Å². The highest BCUT2D eigenvalue weighted by Crippen LogP contribution is 2.01. The van der Waals surface area contributed by atoms with Gasteiger partial charge in [0.15, 0.2) is 0 Å². The molecule has 1 rings (SSSR count). The molecule has 0 aliphatic heterocycles. The second kappa shape index (κ2) is 7.55. The number of hydrogen-bond donors (Lipinski definition) is 2. The van der Waals surface area contributed by atoms with E-state index in [1.807, 2.05) is 19.6 Å². The molecule has 0 aromatic carbocycles. The van der Waals surface area contributed by atoms with Crippen LogP contribution in [-0.4, -0.2) is 35.5 Å². The summed E-state index contributed by atoms with van der Waals surface area (Å²) in [6.45, 7) is 2.20. The summed E-state index contributed by atoms with van der Waals surface area (Å²) in [5, 5.41) is 0. The van der Waals surface area contributed by atoms with Gasteiger partial charge < -0.3 is 4.57 Å². The Hall–Kier alpha value is -1.01. The predicted octanol–water partition coefficient (Wildman–Crippen LogP) is 0.371. The average Bonchev–Trinajstić information content (AvgIpc) is 2.56. The third-order valence-corrected chi connectivity index (χ3v) is 3.25. The summed E-state index contributed by atoms with van der Waals surface area (Å²) in [4.78, 5) is 4.04. The van der Waals surface area contributed by atoms with Crippen LogP contribution >= 0.6 is 0 Å². The molecule has 1 aromatic rings. The maximum Gasteiger partial charge on any atom is 0.413 e. The Labute approximate surface area is 112 Å². The van der Waals surface area contributed by atoms with Crippen LogP contribution in [-0.2, 0) is 37.9 Å². The van der Waals surface area contributed by atoms with Crippen molar-refractivity contribution in [2.24, 2.45) is 7.05 Å². The van der Waals surface area contributed by atoms with Crippen LogP contribution in [0, 0.1) is 0 Å². The number of aryl methyl sites for hydroxylation is 2. The third-order valence-electron chi connectivity index (χ3n) is 1.87. The lowest BCUT2D eigenvalue weighted by molar-refractivity contribution is 0.344. The molecule has 0 fully saturated rings. The quantitative estimate of drug-likeness (QED) is 0.744. The van der Waals surface area contributed by atoms with E-state index < -0.39 is 20.8 Å². The lowest BCUT2D eigenvalue weighted by Crippen LogP contribution is -2.10. The van der Waals surface area contributed by atoms with Gasteiger partial charge >= 0.3 is 20.8 Å². The Kier molecular flexibility index (Phi) is 7.15. The summed E-state index contributed by atoms with van der Waals surface area (Å²) >= 11 is 0. The Bertz CT molecular complexity index is 546. The Morgan fingerprint density at radius 3 is 2.05 bits per heavy atom. The highest BCUT2D eigenvalue weighted by Gasteiger charge is 2.15. The fraction of sp³-hybridized carbons (Fsp3) is 0.625. The number of imidazole rings is 1. The maximum absolute atomic E-state index is 9.44. The molecule has 11 heteroatoms. The van der Waals surface area contributed by atoms with Gasteiger partial charge in [0.2, 0.25) is 0 Å². The van der Waals surface area contributed by atoms with E-state index in [9.17, 15) is 16.8 Å². The van der Waals surface area contributed by atoms with E-state index in [2.05, 4.69) is 20.1 Å². The molecule has 0 atom stereocenters. The van der Waals surface area contributed by atoms with Crippen molar-refractivity contribution in [3.05, 3.63) is 18.2 Å². The molecule has 0 aliphatic carbocycles. The molecule has 19 heavy (non-hydrogen) atoms. The zero-order valence-electron chi connectivity index (χ0n) is 10.4. The minimum atomic E-state index is -5.12. The molecule has 0 radical (unpaired) electrons. The van der Waals surface area contributed by atoms with Crippen molar-refractivity contribution in [2.45, 2.75) is 26.2 Å². The number of unbranched alkanes of at least 4 members (excludes halogenated alkanes) is 1. The van der Waals surface area contributed by atoms with Crippen molar-refractivity contribution in [3.8, 4) is 0 Å². The zero-order valence-corrected chi connectivity index (χ0v) is 12.1. The van der Waals surface area contributed by atoms with Gasteiger partial charge in [0.05, 0.1) is 6.33 Å². The summed E-state index contributed by atoms with van der Waals surface area (Å²) < 4.78 is 57.7. The Balaban J connectivity index is 0.000000344. The summed E-state index contributed by atoms with van der Waals surface area (Å²) in [5.74, 6) is 0. The lowest BCUT2D eigenvalue weighted by atomic mass is 10.2. The largest absolute Gasteiger partial charge is 0.413 e.